The third-order valence-electron chi connectivity index (χ3n) is 3.70. The maximum absolute atomic E-state index is 12.9. The average molecular weight is 331 g/mol. The standard InChI is InChI=1S/C15H16F3NO4/c1-22-14(21)12-9-11(15(16,17)18)7-8-19(12)23-13(20)10-5-3-2-4-6-10/h2-6,11-12H,7-9H2,1H3. The topological polar surface area (TPSA) is 55.8 Å². The lowest BCUT2D eigenvalue weighted by Crippen LogP contribution is -2.50. The van der Waals surface area contributed by atoms with Gasteiger partial charge in [0.1, 0.15) is 6.04 Å². The lowest BCUT2D eigenvalue weighted by Gasteiger charge is -2.36. The Balaban J connectivity index is 2.11. The second-order valence-electron chi connectivity index (χ2n) is 5.19. The van der Waals surface area contributed by atoms with Crippen molar-refractivity contribution in [2.24, 2.45) is 5.92 Å². The summed E-state index contributed by atoms with van der Waals surface area (Å²) in [7, 11) is 1.08. The van der Waals surface area contributed by atoms with Gasteiger partial charge in [0.2, 0.25) is 0 Å². The van der Waals surface area contributed by atoms with Crippen LogP contribution in [0, 0.1) is 5.92 Å². The number of carbonyl (C=O) groups is 2. The van der Waals surface area contributed by atoms with E-state index in [0.717, 1.165) is 12.2 Å². The van der Waals surface area contributed by atoms with Crippen LogP contribution >= 0.6 is 0 Å². The monoisotopic (exact) mass is 331 g/mol. The van der Waals surface area contributed by atoms with Crippen molar-refractivity contribution in [2.75, 3.05) is 13.7 Å². The number of hydroxylamine groups is 2. The SMILES string of the molecule is COC(=O)C1CC(C(F)(F)F)CCN1OC(=O)c1ccccc1. The Morgan fingerprint density at radius 2 is 1.87 bits per heavy atom. The number of piperidine rings is 1. The van der Waals surface area contributed by atoms with Gasteiger partial charge in [0, 0.05) is 6.54 Å². The summed E-state index contributed by atoms with van der Waals surface area (Å²) >= 11 is 0. The quantitative estimate of drug-likeness (QED) is 0.797. The molecule has 1 aliphatic heterocycles. The van der Waals surface area contributed by atoms with Crippen LogP contribution in [0.15, 0.2) is 30.3 Å². The zero-order valence-corrected chi connectivity index (χ0v) is 12.4. The van der Waals surface area contributed by atoms with Crippen LogP contribution in [0.4, 0.5) is 13.2 Å². The summed E-state index contributed by atoms with van der Waals surface area (Å²) in [6, 6.07) is 6.72. The molecule has 2 atom stereocenters. The van der Waals surface area contributed by atoms with Crippen molar-refractivity contribution in [1.82, 2.24) is 5.06 Å². The van der Waals surface area contributed by atoms with E-state index in [1.165, 1.54) is 12.1 Å². The predicted molar refractivity (Wildman–Crippen MR) is 73.1 cm³/mol. The third kappa shape index (κ3) is 4.22. The number of hydrogen-bond donors (Lipinski definition) is 0. The maximum Gasteiger partial charge on any atom is 0.391 e. The van der Waals surface area contributed by atoms with Gasteiger partial charge in [0.25, 0.3) is 0 Å². The molecular weight excluding hydrogens is 315 g/mol. The Morgan fingerprint density at radius 3 is 2.43 bits per heavy atom. The van der Waals surface area contributed by atoms with E-state index in [1.54, 1.807) is 18.2 Å². The largest absolute Gasteiger partial charge is 0.468 e. The highest BCUT2D eigenvalue weighted by Crippen LogP contribution is 2.37. The summed E-state index contributed by atoms with van der Waals surface area (Å²) < 4.78 is 43.1. The molecule has 23 heavy (non-hydrogen) atoms. The van der Waals surface area contributed by atoms with E-state index in [1.807, 2.05) is 0 Å². The first-order valence-corrected chi connectivity index (χ1v) is 7.01. The number of hydrogen-bond acceptors (Lipinski definition) is 5. The summed E-state index contributed by atoms with van der Waals surface area (Å²) in [5, 5.41) is 0.976. The molecule has 0 aliphatic carbocycles. The molecule has 5 nitrogen and oxygen atoms in total. The van der Waals surface area contributed by atoms with Crippen LogP contribution in [0.1, 0.15) is 23.2 Å². The van der Waals surface area contributed by atoms with Crippen LogP contribution in [-0.2, 0) is 14.4 Å². The molecule has 0 bridgehead atoms. The van der Waals surface area contributed by atoms with Gasteiger partial charge in [-0.15, -0.1) is 5.06 Å². The number of ether oxygens (including phenoxy) is 1. The Bertz CT molecular complexity index is 562. The van der Waals surface area contributed by atoms with Gasteiger partial charge in [-0.25, -0.2) is 4.79 Å². The molecule has 1 heterocycles. The van der Waals surface area contributed by atoms with E-state index in [0.29, 0.717) is 0 Å². The predicted octanol–water partition coefficient (Wildman–Crippen LogP) is 2.57. The van der Waals surface area contributed by atoms with E-state index in [4.69, 9.17) is 4.84 Å². The van der Waals surface area contributed by atoms with Gasteiger partial charge in [-0.3, -0.25) is 4.79 Å². The van der Waals surface area contributed by atoms with E-state index in [9.17, 15) is 22.8 Å². The Kier molecular flexibility index (Phi) is 5.25. The van der Waals surface area contributed by atoms with Crippen LogP contribution in [0.5, 0.6) is 0 Å². The Hall–Kier alpha value is -2.09. The van der Waals surface area contributed by atoms with Gasteiger partial charge in [-0.1, -0.05) is 18.2 Å². The van der Waals surface area contributed by atoms with Gasteiger partial charge < -0.3 is 9.57 Å². The first kappa shape index (κ1) is 17.3. The van der Waals surface area contributed by atoms with E-state index < -0.39 is 36.5 Å². The third-order valence-corrected chi connectivity index (χ3v) is 3.70. The van der Waals surface area contributed by atoms with Gasteiger partial charge in [0.15, 0.2) is 0 Å². The van der Waals surface area contributed by atoms with Crippen molar-refractivity contribution in [3.63, 3.8) is 0 Å². The van der Waals surface area contributed by atoms with Crippen LogP contribution in [0.25, 0.3) is 0 Å². The Labute approximate surface area is 130 Å². The number of benzene rings is 1. The summed E-state index contributed by atoms with van der Waals surface area (Å²) in [5.41, 5.74) is 0.245. The second kappa shape index (κ2) is 6.99. The number of nitrogens with zero attached hydrogens (tertiary/aromatic N) is 1. The minimum atomic E-state index is -4.40. The number of rotatable bonds is 3. The molecule has 8 heteroatoms. The van der Waals surface area contributed by atoms with E-state index in [2.05, 4.69) is 4.74 Å². The summed E-state index contributed by atoms with van der Waals surface area (Å²) in [5.74, 6) is -3.22. The van der Waals surface area contributed by atoms with Crippen LogP contribution in [0.2, 0.25) is 0 Å². The molecule has 0 amide bonds. The van der Waals surface area contributed by atoms with Crippen molar-refractivity contribution in [3.05, 3.63) is 35.9 Å². The smallest absolute Gasteiger partial charge is 0.391 e. The number of methoxy groups -OCH3 is 1. The van der Waals surface area contributed by atoms with Crippen molar-refractivity contribution in [2.45, 2.75) is 25.1 Å². The molecule has 1 aromatic rings. The molecule has 0 aromatic heterocycles. The molecule has 126 valence electrons. The number of esters is 1. The van der Waals surface area contributed by atoms with Crippen LogP contribution < -0.4 is 0 Å². The molecule has 1 aromatic carbocycles. The lowest BCUT2D eigenvalue weighted by atomic mass is 9.91. The zero-order chi connectivity index (χ0) is 17.0. The van der Waals surface area contributed by atoms with Gasteiger partial charge >= 0.3 is 18.1 Å². The first-order chi connectivity index (χ1) is 10.8. The minimum absolute atomic E-state index is 0.192. The highest BCUT2D eigenvalue weighted by molar-refractivity contribution is 5.89. The normalized spacial score (nSPS) is 22.4. The fourth-order valence-electron chi connectivity index (χ4n) is 2.43. The van der Waals surface area contributed by atoms with Crippen molar-refractivity contribution < 1.29 is 32.3 Å². The van der Waals surface area contributed by atoms with Gasteiger partial charge in [-0.05, 0) is 25.0 Å². The summed E-state index contributed by atoms with van der Waals surface area (Å²) in [6.07, 6.45) is -5.15. The molecule has 0 saturated carbocycles. The molecule has 2 rings (SSSR count). The van der Waals surface area contributed by atoms with Gasteiger partial charge in [0.05, 0.1) is 18.6 Å². The molecule has 0 radical (unpaired) electrons. The molecular formula is C15H16F3NO4. The van der Waals surface area contributed by atoms with Crippen molar-refractivity contribution >= 4 is 11.9 Å². The molecule has 0 N–H and O–H groups in total. The molecule has 0 spiro atoms. The highest BCUT2D eigenvalue weighted by Gasteiger charge is 2.47. The molecule has 1 fully saturated rings. The summed E-state index contributed by atoms with van der Waals surface area (Å²) in [6.45, 7) is -0.192. The number of halogens is 3. The second-order valence-corrected chi connectivity index (χ2v) is 5.19. The van der Waals surface area contributed by atoms with Crippen molar-refractivity contribution in [3.8, 4) is 0 Å². The van der Waals surface area contributed by atoms with Crippen LogP contribution in [0.3, 0.4) is 0 Å². The lowest BCUT2D eigenvalue weighted by molar-refractivity contribution is -0.224. The highest BCUT2D eigenvalue weighted by atomic mass is 19.4. The van der Waals surface area contributed by atoms with E-state index >= 15 is 0 Å². The molecule has 1 aliphatic rings. The molecule has 2 unspecified atom stereocenters. The maximum atomic E-state index is 12.9. The average Bonchev–Trinajstić information content (AvgIpc) is 2.54. The zero-order valence-electron chi connectivity index (χ0n) is 12.4. The van der Waals surface area contributed by atoms with E-state index in [-0.39, 0.29) is 18.5 Å². The van der Waals surface area contributed by atoms with Crippen LogP contribution in [-0.4, -0.2) is 42.9 Å². The molecule has 1 saturated heterocycles. The minimum Gasteiger partial charge on any atom is -0.468 e. The number of alkyl halides is 3. The Morgan fingerprint density at radius 1 is 1.22 bits per heavy atom. The van der Waals surface area contributed by atoms with Gasteiger partial charge in [-0.2, -0.15) is 13.2 Å². The fraction of sp³-hybridized carbons (Fsp3) is 0.467. The number of carbonyl (C=O) groups excluding carboxylic acids is 2. The first-order valence-electron chi connectivity index (χ1n) is 7.01. The fourth-order valence-corrected chi connectivity index (χ4v) is 2.43. The van der Waals surface area contributed by atoms with Crippen molar-refractivity contribution in [1.29, 1.82) is 0 Å². The summed E-state index contributed by atoms with van der Waals surface area (Å²) in [4.78, 5) is 28.9.